The lowest BCUT2D eigenvalue weighted by atomic mass is 9.36. The molecule has 6 rings (SSSR count). The maximum atomic E-state index is 13.4. The van der Waals surface area contributed by atoms with Gasteiger partial charge in [-0.2, -0.15) is 0 Å². The van der Waals surface area contributed by atoms with Gasteiger partial charge in [0.1, 0.15) is 23.9 Å². The molecule has 1 spiro atoms. The summed E-state index contributed by atoms with van der Waals surface area (Å²) in [6.07, 6.45) is -6.28. The number of allylic oxidation sites excluding steroid dienone is 1. The molecule has 0 radical (unpaired) electrons. The summed E-state index contributed by atoms with van der Waals surface area (Å²) in [4.78, 5) is 39.3. The Kier molecular flexibility index (Phi) is 4.99. The van der Waals surface area contributed by atoms with E-state index in [4.69, 9.17) is 14.2 Å². The van der Waals surface area contributed by atoms with E-state index in [0.29, 0.717) is 5.57 Å². The van der Waals surface area contributed by atoms with Gasteiger partial charge in [-0.3, -0.25) is 4.79 Å². The molecular formula is C27H30O10. The van der Waals surface area contributed by atoms with E-state index in [1.807, 2.05) is 0 Å². The molecule has 4 fully saturated rings. The van der Waals surface area contributed by atoms with Gasteiger partial charge in [0.25, 0.3) is 0 Å². The van der Waals surface area contributed by atoms with Gasteiger partial charge in [0.05, 0.1) is 23.7 Å². The third kappa shape index (κ3) is 2.60. The minimum Gasteiger partial charge on any atom is -0.459 e. The third-order valence-corrected chi connectivity index (χ3v) is 10.2. The van der Waals surface area contributed by atoms with Crippen LogP contribution in [0, 0.1) is 22.7 Å². The van der Waals surface area contributed by atoms with Gasteiger partial charge in [0, 0.05) is 11.3 Å². The predicted octanol–water partition coefficient (Wildman–Crippen LogP) is -0.0885. The van der Waals surface area contributed by atoms with E-state index in [9.17, 15) is 34.8 Å². The minimum absolute atomic E-state index is 0.134. The predicted molar refractivity (Wildman–Crippen MR) is 124 cm³/mol. The molecule has 1 aromatic rings. The second-order valence-electron chi connectivity index (χ2n) is 11.5. The van der Waals surface area contributed by atoms with Crippen molar-refractivity contribution in [3.8, 4) is 0 Å². The standard InChI is InChI=1S/C27H30O10/c1-12-9-15(28)19(30)24(2)14(12)10-16-26-11-35-25(3,20(31)17(29)18(24)26)27(26,34)21(23(33)36-16)37-22(32)13-7-5-4-6-8-13/h4-9,14,16-21,29-31,34H,10-11H2,1-3H3. The van der Waals surface area contributed by atoms with Crippen LogP contribution in [0.5, 0.6) is 0 Å². The van der Waals surface area contributed by atoms with Crippen molar-refractivity contribution in [2.75, 3.05) is 6.61 Å². The number of aliphatic hydroxyl groups is 4. The number of rotatable bonds is 2. The second kappa shape index (κ2) is 7.48. The summed E-state index contributed by atoms with van der Waals surface area (Å²) in [6.45, 7) is 4.48. The number of hydrogen-bond acceptors (Lipinski definition) is 10. The van der Waals surface area contributed by atoms with Crippen LogP contribution in [-0.2, 0) is 23.8 Å². The van der Waals surface area contributed by atoms with Crippen molar-refractivity contribution in [3.63, 3.8) is 0 Å². The fourth-order valence-corrected chi connectivity index (χ4v) is 8.42. The van der Waals surface area contributed by atoms with Crippen LogP contribution in [-0.4, -0.2) is 86.5 Å². The maximum absolute atomic E-state index is 13.4. The van der Waals surface area contributed by atoms with E-state index in [0.717, 1.165) is 0 Å². The number of ketones is 1. The quantitative estimate of drug-likeness (QED) is 0.393. The largest absolute Gasteiger partial charge is 0.459 e. The van der Waals surface area contributed by atoms with E-state index in [-0.39, 0.29) is 18.6 Å². The topological polar surface area (TPSA) is 160 Å². The number of fused-ring (bicyclic) bond motifs is 2. The van der Waals surface area contributed by atoms with Gasteiger partial charge in [-0.25, -0.2) is 9.59 Å². The van der Waals surface area contributed by atoms with Crippen LogP contribution >= 0.6 is 0 Å². The number of carbonyl (C=O) groups excluding carboxylic acids is 3. The first-order valence-corrected chi connectivity index (χ1v) is 12.4. The highest BCUT2D eigenvalue weighted by Gasteiger charge is 2.89. The van der Waals surface area contributed by atoms with E-state index in [1.165, 1.54) is 25.1 Å². The van der Waals surface area contributed by atoms with Crippen molar-refractivity contribution in [1.29, 1.82) is 0 Å². The molecule has 3 aliphatic carbocycles. The molecule has 2 bridgehead atoms. The van der Waals surface area contributed by atoms with Crippen molar-refractivity contribution in [1.82, 2.24) is 0 Å². The first-order valence-electron chi connectivity index (χ1n) is 12.4. The number of carbonyl (C=O) groups is 3. The van der Waals surface area contributed by atoms with Gasteiger partial charge in [-0.1, -0.05) is 30.7 Å². The van der Waals surface area contributed by atoms with Gasteiger partial charge in [-0.15, -0.1) is 0 Å². The number of esters is 2. The van der Waals surface area contributed by atoms with Crippen molar-refractivity contribution >= 4 is 17.7 Å². The minimum atomic E-state index is -2.35. The van der Waals surface area contributed by atoms with Gasteiger partial charge in [-0.05, 0) is 44.4 Å². The summed E-state index contributed by atoms with van der Waals surface area (Å²) in [7, 11) is 0. The molecule has 2 aliphatic heterocycles. The van der Waals surface area contributed by atoms with Crippen molar-refractivity contribution in [3.05, 3.63) is 47.5 Å². The van der Waals surface area contributed by atoms with E-state index in [1.54, 1.807) is 32.0 Å². The Morgan fingerprint density at radius 3 is 2.46 bits per heavy atom. The Morgan fingerprint density at radius 1 is 1.11 bits per heavy atom. The molecule has 10 heteroatoms. The molecule has 4 N–H and O–H groups in total. The van der Waals surface area contributed by atoms with Crippen LogP contribution in [0.3, 0.4) is 0 Å². The SMILES string of the molecule is CC1=CC(=O)C(O)C2(C)C1CC1OC(=O)C(OC(=O)c3ccccc3)C3(O)C4(C)OCC13C2C(O)C4O. The molecule has 2 heterocycles. The Labute approximate surface area is 212 Å². The normalized spacial score (nSPS) is 49.9. The lowest BCUT2D eigenvalue weighted by Crippen LogP contribution is -2.86. The maximum Gasteiger partial charge on any atom is 0.351 e. The molecular weight excluding hydrogens is 484 g/mol. The van der Waals surface area contributed by atoms with Crippen LogP contribution in [0.15, 0.2) is 42.0 Å². The number of aliphatic hydroxyl groups excluding tert-OH is 3. The van der Waals surface area contributed by atoms with Crippen LogP contribution in [0.4, 0.5) is 0 Å². The van der Waals surface area contributed by atoms with Gasteiger partial charge in [0.2, 0.25) is 6.10 Å². The summed E-state index contributed by atoms with van der Waals surface area (Å²) in [6, 6.07) is 7.91. The lowest BCUT2D eigenvalue weighted by molar-refractivity contribution is -0.350. The summed E-state index contributed by atoms with van der Waals surface area (Å²) in [5.74, 6) is -4.11. The van der Waals surface area contributed by atoms with E-state index >= 15 is 0 Å². The average Bonchev–Trinajstić information content (AvgIpc) is 3.05. The van der Waals surface area contributed by atoms with E-state index in [2.05, 4.69) is 0 Å². The van der Waals surface area contributed by atoms with Crippen molar-refractivity contribution < 1.29 is 49.0 Å². The molecule has 11 unspecified atom stereocenters. The number of benzene rings is 1. The van der Waals surface area contributed by atoms with Crippen LogP contribution < -0.4 is 0 Å². The smallest absolute Gasteiger partial charge is 0.351 e. The molecule has 0 amide bonds. The van der Waals surface area contributed by atoms with Crippen molar-refractivity contribution in [2.45, 2.75) is 68.9 Å². The highest BCUT2D eigenvalue weighted by atomic mass is 16.6. The monoisotopic (exact) mass is 514 g/mol. The average molecular weight is 515 g/mol. The summed E-state index contributed by atoms with van der Waals surface area (Å²) >= 11 is 0. The molecule has 11 atom stereocenters. The number of hydrogen-bond donors (Lipinski definition) is 4. The molecule has 5 aliphatic rings. The Morgan fingerprint density at radius 2 is 1.78 bits per heavy atom. The third-order valence-electron chi connectivity index (χ3n) is 10.2. The second-order valence-corrected chi connectivity index (χ2v) is 11.5. The molecule has 2 saturated carbocycles. The first-order chi connectivity index (χ1) is 17.4. The molecule has 1 aromatic carbocycles. The van der Waals surface area contributed by atoms with E-state index < -0.39 is 82.1 Å². The van der Waals surface area contributed by atoms with Crippen LogP contribution in [0.2, 0.25) is 0 Å². The summed E-state index contributed by atoms with van der Waals surface area (Å²) < 4.78 is 17.5. The zero-order valence-electron chi connectivity index (χ0n) is 20.7. The first kappa shape index (κ1) is 24.7. The fraction of sp³-hybridized carbons (Fsp3) is 0.593. The zero-order chi connectivity index (χ0) is 26.7. The summed E-state index contributed by atoms with van der Waals surface area (Å²) in [5, 5.41) is 46.8. The van der Waals surface area contributed by atoms with Crippen LogP contribution in [0.1, 0.15) is 37.6 Å². The van der Waals surface area contributed by atoms with Gasteiger partial charge >= 0.3 is 11.9 Å². The molecule has 198 valence electrons. The Hall–Kier alpha value is -2.63. The Balaban J connectivity index is 1.55. The zero-order valence-corrected chi connectivity index (χ0v) is 20.7. The Bertz CT molecular complexity index is 1230. The molecule has 2 saturated heterocycles. The lowest BCUT2D eigenvalue weighted by Gasteiger charge is -2.70. The summed E-state index contributed by atoms with van der Waals surface area (Å²) in [5.41, 5.74) is -6.46. The number of ether oxygens (including phenoxy) is 3. The van der Waals surface area contributed by atoms with Gasteiger partial charge in [0.15, 0.2) is 11.4 Å². The fourth-order valence-electron chi connectivity index (χ4n) is 8.42. The molecule has 37 heavy (non-hydrogen) atoms. The van der Waals surface area contributed by atoms with Crippen LogP contribution in [0.25, 0.3) is 0 Å². The molecule has 0 aromatic heterocycles. The highest BCUT2D eigenvalue weighted by Crippen LogP contribution is 2.73. The van der Waals surface area contributed by atoms with Gasteiger partial charge < -0.3 is 34.6 Å². The molecule has 10 nitrogen and oxygen atoms in total. The highest BCUT2D eigenvalue weighted by molar-refractivity contribution is 5.96. The van der Waals surface area contributed by atoms with Crippen molar-refractivity contribution in [2.24, 2.45) is 22.7 Å².